The van der Waals surface area contributed by atoms with Gasteiger partial charge in [0.05, 0.1) is 5.56 Å². The van der Waals surface area contributed by atoms with E-state index in [0.717, 1.165) is 30.8 Å². The number of hydrogen-bond donors (Lipinski definition) is 1. The van der Waals surface area contributed by atoms with Gasteiger partial charge in [0, 0.05) is 44.5 Å². The van der Waals surface area contributed by atoms with Gasteiger partial charge in [0.15, 0.2) is 0 Å². The van der Waals surface area contributed by atoms with Gasteiger partial charge in [-0.1, -0.05) is 13.8 Å². The van der Waals surface area contributed by atoms with Gasteiger partial charge in [-0.05, 0) is 38.2 Å². The summed E-state index contributed by atoms with van der Waals surface area (Å²) in [6, 6.07) is 1.91. The number of carbonyl (C=O) groups is 1. The van der Waals surface area contributed by atoms with Gasteiger partial charge in [0.25, 0.3) is 5.91 Å². The van der Waals surface area contributed by atoms with Crippen LogP contribution in [0.5, 0.6) is 0 Å². The lowest BCUT2D eigenvalue weighted by Crippen LogP contribution is -2.36. The van der Waals surface area contributed by atoms with Crippen molar-refractivity contribution in [3.05, 3.63) is 39.8 Å². The fraction of sp³-hybridized carbons (Fsp3) is 0.632. The molecule has 1 amide bonds. The highest BCUT2D eigenvalue weighted by molar-refractivity contribution is 5.95. The average molecular weight is 359 g/mol. The highest BCUT2D eigenvalue weighted by Crippen LogP contribution is 2.14. The molecule has 2 aromatic heterocycles. The Kier molecular flexibility index (Phi) is 5.34. The van der Waals surface area contributed by atoms with Gasteiger partial charge in [-0.25, -0.2) is 9.48 Å². The third kappa shape index (κ3) is 3.76. The summed E-state index contributed by atoms with van der Waals surface area (Å²) in [6.45, 7) is 7.51. The van der Waals surface area contributed by atoms with Crippen LogP contribution >= 0.6 is 0 Å². The molecular formula is C19H29N5O2. The Morgan fingerprint density at radius 3 is 2.81 bits per heavy atom. The van der Waals surface area contributed by atoms with Crippen molar-refractivity contribution >= 4 is 5.91 Å². The van der Waals surface area contributed by atoms with Crippen LogP contribution in [-0.4, -0.2) is 30.9 Å². The zero-order valence-electron chi connectivity index (χ0n) is 16.2. The molecule has 0 aliphatic carbocycles. The molecule has 0 spiro atoms. The topological polar surface area (TPSA) is 73.8 Å². The number of aromatic nitrogens is 4. The Labute approximate surface area is 154 Å². The van der Waals surface area contributed by atoms with Crippen molar-refractivity contribution in [3.63, 3.8) is 0 Å². The number of carbonyl (C=O) groups excluding carboxylic acids is 1. The van der Waals surface area contributed by atoms with Crippen LogP contribution in [0.3, 0.4) is 0 Å². The largest absolute Gasteiger partial charge is 0.354 e. The predicted molar refractivity (Wildman–Crippen MR) is 100 cm³/mol. The molecule has 26 heavy (non-hydrogen) atoms. The van der Waals surface area contributed by atoms with Crippen LogP contribution in [0.4, 0.5) is 0 Å². The molecule has 1 aliphatic rings. The molecule has 0 aromatic carbocycles. The summed E-state index contributed by atoms with van der Waals surface area (Å²) < 4.78 is 5.32. The zero-order valence-corrected chi connectivity index (χ0v) is 16.2. The molecule has 0 bridgehead atoms. The number of rotatable bonds is 5. The minimum atomic E-state index is -0.0398. The first kappa shape index (κ1) is 18.5. The second kappa shape index (κ2) is 7.51. The summed E-state index contributed by atoms with van der Waals surface area (Å²) in [5.74, 6) is 1.35. The minimum Gasteiger partial charge on any atom is -0.354 e. The van der Waals surface area contributed by atoms with Crippen LogP contribution in [0.2, 0.25) is 0 Å². The van der Waals surface area contributed by atoms with Crippen LogP contribution in [0, 0.1) is 12.8 Å². The van der Waals surface area contributed by atoms with E-state index in [2.05, 4.69) is 24.3 Å². The fourth-order valence-corrected chi connectivity index (χ4v) is 3.41. The zero-order chi connectivity index (χ0) is 18.8. The molecule has 3 rings (SSSR count). The van der Waals surface area contributed by atoms with Gasteiger partial charge in [0.2, 0.25) is 0 Å². The first-order chi connectivity index (χ1) is 12.4. The van der Waals surface area contributed by atoms with Crippen molar-refractivity contribution in [2.45, 2.75) is 65.6 Å². The molecule has 1 aliphatic heterocycles. The molecule has 0 radical (unpaired) electrons. The second-order valence-corrected chi connectivity index (χ2v) is 7.68. The van der Waals surface area contributed by atoms with Crippen molar-refractivity contribution in [2.75, 3.05) is 0 Å². The van der Waals surface area contributed by atoms with Crippen molar-refractivity contribution in [1.29, 1.82) is 0 Å². The highest BCUT2D eigenvalue weighted by atomic mass is 16.2. The SMILES string of the molecule is Cc1c(C(=O)NC2CCc3nn(CCC(C)C)c(=O)n3CC2)ccn1C. The van der Waals surface area contributed by atoms with Crippen molar-refractivity contribution in [2.24, 2.45) is 13.0 Å². The van der Waals surface area contributed by atoms with Gasteiger partial charge >= 0.3 is 5.69 Å². The molecule has 0 saturated heterocycles. The lowest BCUT2D eigenvalue weighted by atomic mass is 10.1. The van der Waals surface area contributed by atoms with E-state index in [1.54, 1.807) is 9.25 Å². The monoisotopic (exact) mass is 359 g/mol. The molecule has 2 aromatic rings. The number of hydrogen-bond acceptors (Lipinski definition) is 3. The quantitative estimate of drug-likeness (QED) is 0.886. The van der Waals surface area contributed by atoms with Gasteiger partial charge in [-0.2, -0.15) is 5.10 Å². The lowest BCUT2D eigenvalue weighted by Gasteiger charge is -2.16. The second-order valence-electron chi connectivity index (χ2n) is 7.68. The van der Waals surface area contributed by atoms with Crippen LogP contribution in [0.1, 0.15) is 55.0 Å². The number of aryl methyl sites for hydroxylation is 3. The molecule has 1 unspecified atom stereocenters. The maximum absolute atomic E-state index is 12.5. The Morgan fingerprint density at radius 1 is 1.38 bits per heavy atom. The van der Waals surface area contributed by atoms with E-state index in [1.807, 2.05) is 30.8 Å². The average Bonchev–Trinajstić information content (AvgIpc) is 2.99. The molecule has 0 saturated carbocycles. The van der Waals surface area contributed by atoms with Gasteiger partial charge in [-0.15, -0.1) is 0 Å². The molecular weight excluding hydrogens is 330 g/mol. The predicted octanol–water partition coefficient (Wildman–Crippen LogP) is 1.87. The Hall–Kier alpha value is -2.31. The number of nitrogens with one attached hydrogen (secondary N) is 1. The Balaban J connectivity index is 1.64. The van der Waals surface area contributed by atoms with E-state index >= 15 is 0 Å². The van der Waals surface area contributed by atoms with E-state index in [1.165, 1.54) is 0 Å². The molecule has 7 heteroatoms. The molecule has 7 nitrogen and oxygen atoms in total. The van der Waals surface area contributed by atoms with Gasteiger partial charge in [0.1, 0.15) is 5.82 Å². The van der Waals surface area contributed by atoms with Crippen LogP contribution in [0.15, 0.2) is 17.1 Å². The smallest absolute Gasteiger partial charge is 0.345 e. The molecule has 1 N–H and O–H groups in total. The summed E-state index contributed by atoms with van der Waals surface area (Å²) in [4.78, 5) is 25.1. The van der Waals surface area contributed by atoms with E-state index in [-0.39, 0.29) is 17.6 Å². The summed E-state index contributed by atoms with van der Waals surface area (Å²) in [5.41, 5.74) is 1.65. The highest BCUT2D eigenvalue weighted by Gasteiger charge is 2.23. The Morgan fingerprint density at radius 2 is 2.15 bits per heavy atom. The number of fused-ring (bicyclic) bond motifs is 1. The molecule has 142 valence electrons. The first-order valence-corrected chi connectivity index (χ1v) is 9.46. The third-order valence-electron chi connectivity index (χ3n) is 5.30. The van der Waals surface area contributed by atoms with Crippen LogP contribution in [-0.2, 0) is 26.6 Å². The Bertz CT molecular complexity index is 843. The standard InChI is InChI=1S/C19H29N5O2/c1-13(2)7-12-24-19(26)23-11-8-15(5-6-17(23)21-24)20-18(25)16-9-10-22(4)14(16)3/h9-10,13,15H,5-8,11-12H2,1-4H3,(H,20,25). The minimum absolute atomic E-state index is 0.0217. The molecule has 3 heterocycles. The van der Waals surface area contributed by atoms with E-state index in [0.29, 0.717) is 31.0 Å². The number of nitrogens with zero attached hydrogens (tertiary/aromatic N) is 4. The van der Waals surface area contributed by atoms with E-state index < -0.39 is 0 Å². The van der Waals surface area contributed by atoms with E-state index in [9.17, 15) is 9.59 Å². The molecule has 1 atom stereocenters. The lowest BCUT2D eigenvalue weighted by molar-refractivity contribution is 0.0932. The summed E-state index contributed by atoms with van der Waals surface area (Å²) in [6.07, 6.45) is 5.11. The third-order valence-corrected chi connectivity index (χ3v) is 5.30. The van der Waals surface area contributed by atoms with Crippen LogP contribution < -0.4 is 11.0 Å². The van der Waals surface area contributed by atoms with E-state index in [4.69, 9.17) is 0 Å². The summed E-state index contributed by atoms with van der Waals surface area (Å²) in [5, 5.41) is 7.65. The van der Waals surface area contributed by atoms with Gasteiger partial charge in [-0.3, -0.25) is 9.36 Å². The normalized spacial score (nSPS) is 17.2. The van der Waals surface area contributed by atoms with Crippen molar-refractivity contribution < 1.29 is 4.79 Å². The van der Waals surface area contributed by atoms with Crippen LogP contribution in [0.25, 0.3) is 0 Å². The summed E-state index contributed by atoms with van der Waals surface area (Å²) >= 11 is 0. The summed E-state index contributed by atoms with van der Waals surface area (Å²) in [7, 11) is 1.93. The van der Waals surface area contributed by atoms with Crippen molar-refractivity contribution in [3.8, 4) is 0 Å². The number of amides is 1. The molecule has 0 fully saturated rings. The maximum atomic E-state index is 12.5. The fourth-order valence-electron chi connectivity index (χ4n) is 3.41. The first-order valence-electron chi connectivity index (χ1n) is 9.46. The maximum Gasteiger partial charge on any atom is 0.345 e. The van der Waals surface area contributed by atoms with Gasteiger partial charge < -0.3 is 9.88 Å². The van der Waals surface area contributed by atoms with Crippen molar-refractivity contribution in [1.82, 2.24) is 24.2 Å².